The second-order valence-corrected chi connectivity index (χ2v) is 5.36. The lowest BCUT2D eigenvalue weighted by Gasteiger charge is -2.17. The van der Waals surface area contributed by atoms with Crippen LogP contribution in [0, 0.1) is 5.82 Å². The molecule has 5 heteroatoms. The number of rotatable bonds is 6. The molecule has 0 radical (unpaired) electrons. The molecule has 0 unspecified atom stereocenters. The van der Waals surface area contributed by atoms with E-state index in [2.05, 4.69) is 0 Å². The molecular formula is C17H17ClFNO2. The Morgan fingerprint density at radius 2 is 1.95 bits per heavy atom. The molecule has 0 bridgehead atoms. The van der Waals surface area contributed by atoms with Gasteiger partial charge in [-0.2, -0.15) is 0 Å². The lowest BCUT2D eigenvalue weighted by molar-refractivity contribution is -0.129. The fourth-order valence-electron chi connectivity index (χ4n) is 1.91. The summed E-state index contributed by atoms with van der Waals surface area (Å²) in [6.07, 6.45) is 0.176. The van der Waals surface area contributed by atoms with Crippen LogP contribution in [-0.4, -0.2) is 31.0 Å². The van der Waals surface area contributed by atoms with Gasteiger partial charge in [0.05, 0.1) is 13.0 Å². The van der Waals surface area contributed by atoms with Crippen LogP contribution < -0.4 is 4.74 Å². The van der Waals surface area contributed by atoms with Crippen LogP contribution in [0.2, 0.25) is 5.02 Å². The minimum Gasteiger partial charge on any atom is -0.492 e. The Kier molecular flexibility index (Phi) is 5.78. The van der Waals surface area contributed by atoms with E-state index in [4.69, 9.17) is 16.3 Å². The smallest absolute Gasteiger partial charge is 0.226 e. The van der Waals surface area contributed by atoms with Crippen LogP contribution >= 0.6 is 11.6 Å². The number of carbonyl (C=O) groups excluding carboxylic acids is 1. The monoisotopic (exact) mass is 321 g/mol. The normalized spacial score (nSPS) is 10.3. The summed E-state index contributed by atoms with van der Waals surface area (Å²) in [5, 5.41) is 0.648. The number of carbonyl (C=O) groups is 1. The summed E-state index contributed by atoms with van der Waals surface area (Å²) in [6.45, 7) is 0.837. The molecule has 0 aliphatic carbocycles. The Morgan fingerprint density at radius 3 is 2.64 bits per heavy atom. The Hall–Kier alpha value is -2.07. The van der Waals surface area contributed by atoms with Crippen LogP contribution in [0.1, 0.15) is 5.56 Å². The lowest BCUT2D eigenvalue weighted by atomic mass is 10.1. The van der Waals surface area contributed by atoms with Crippen molar-refractivity contribution in [3.63, 3.8) is 0 Å². The molecule has 0 aliphatic rings. The molecule has 0 aliphatic heterocycles. The third-order valence-corrected chi connectivity index (χ3v) is 3.43. The summed E-state index contributed by atoms with van der Waals surface area (Å²) in [7, 11) is 1.70. The van der Waals surface area contributed by atoms with E-state index < -0.39 is 0 Å². The molecule has 0 spiro atoms. The summed E-state index contributed by atoms with van der Waals surface area (Å²) in [4.78, 5) is 13.6. The van der Waals surface area contributed by atoms with Gasteiger partial charge in [-0.25, -0.2) is 4.39 Å². The van der Waals surface area contributed by atoms with Gasteiger partial charge in [-0.3, -0.25) is 4.79 Å². The SMILES string of the molecule is CN(CCOc1ccc(Cl)cc1)C(=O)Cc1cccc(F)c1. The van der Waals surface area contributed by atoms with E-state index in [9.17, 15) is 9.18 Å². The zero-order valence-electron chi connectivity index (χ0n) is 12.3. The second kappa shape index (κ2) is 7.80. The zero-order valence-corrected chi connectivity index (χ0v) is 13.0. The number of ether oxygens (including phenoxy) is 1. The van der Waals surface area contributed by atoms with Gasteiger partial charge in [0, 0.05) is 12.1 Å². The van der Waals surface area contributed by atoms with Crippen molar-refractivity contribution in [3.8, 4) is 5.75 Å². The van der Waals surface area contributed by atoms with Crippen molar-refractivity contribution in [3.05, 3.63) is 64.9 Å². The van der Waals surface area contributed by atoms with Crippen molar-refractivity contribution in [2.75, 3.05) is 20.2 Å². The van der Waals surface area contributed by atoms with Gasteiger partial charge in [0.25, 0.3) is 0 Å². The minimum atomic E-state index is -0.334. The number of benzene rings is 2. The van der Waals surface area contributed by atoms with Gasteiger partial charge in [0.1, 0.15) is 18.2 Å². The molecule has 2 aromatic rings. The number of nitrogens with zero attached hydrogens (tertiary/aromatic N) is 1. The highest BCUT2D eigenvalue weighted by Crippen LogP contribution is 2.15. The summed E-state index contributed by atoms with van der Waals surface area (Å²) in [5.41, 5.74) is 0.662. The molecule has 0 fully saturated rings. The van der Waals surface area contributed by atoms with Crippen LogP contribution in [0.3, 0.4) is 0 Å². The van der Waals surface area contributed by atoms with E-state index in [1.54, 1.807) is 48.3 Å². The molecule has 0 heterocycles. The van der Waals surface area contributed by atoms with Gasteiger partial charge in [-0.1, -0.05) is 23.7 Å². The minimum absolute atomic E-state index is 0.0784. The van der Waals surface area contributed by atoms with Crippen LogP contribution in [-0.2, 0) is 11.2 Å². The molecule has 0 atom stereocenters. The highest BCUT2D eigenvalue weighted by atomic mass is 35.5. The molecule has 0 saturated carbocycles. The van der Waals surface area contributed by atoms with Crippen molar-refractivity contribution in [2.24, 2.45) is 0 Å². The third-order valence-electron chi connectivity index (χ3n) is 3.18. The maximum absolute atomic E-state index is 13.1. The molecule has 0 saturated heterocycles. The Balaban J connectivity index is 1.77. The lowest BCUT2D eigenvalue weighted by Crippen LogP contribution is -2.32. The van der Waals surface area contributed by atoms with Crippen molar-refractivity contribution in [1.29, 1.82) is 0 Å². The number of amides is 1. The van der Waals surface area contributed by atoms with E-state index in [-0.39, 0.29) is 18.1 Å². The second-order valence-electron chi connectivity index (χ2n) is 4.92. The Labute approximate surface area is 134 Å². The molecule has 2 aromatic carbocycles. The van der Waals surface area contributed by atoms with Crippen LogP contribution in [0.5, 0.6) is 5.75 Å². The molecular weight excluding hydrogens is 305 g/mol. The Bertz CT molecular complexity index is 631. The topological polar surface area (TPSA) is 29.5 Å². The van der Waals surface area contributed by atoms with Gasteiger partial charge >= 0.3 is 0 Å². The van der Waals surface area contributed by atoms with E-state index in [0.717, 1.165) is 0 Å². The summed E-state index contributed by atoms with van der Waals surface area (Å²) in [6, 6.07) is 13.1. The van der Waals surface area contributed by atoms with Crippen LogP contribution in [0.15, 0.2) is 48.5 Å². The molecule has 3 nitrogen and oxygen atoms in total. The Morgan fingerprint density at radius 1 is 1.23 bits per heavy atom. The summed E-state index contributed by atoms with van der Waals surface area (Å²) < 4.78 is 18.6. The number of hydrogen-bond donors (Lipinski definition) is 0. The maximum Gasteiger partial charge on any atom is 0.226 e. The summed E-state index contributed by atoms with van der Waals surface area (Å²) >= 11 is 5.79. The first-order valence-electron chi connectivity index (χ1n) is 6.91. The van der Waals surface area contributed by atoms with Gasteiger partial charge in [0.2, 0.25) is 5.91 Å². The van der Waals surface area contributed by atoms with E-state index in [1.807, 2.05) is 0 Å². The number of likely N-dealkylation sites (N-methyl/N-ethyl adjacent to an activating group) is 1. The zero-order chi connectivity index (χ0) is 15.9. The molecule has 0 N–H and O–H groups in total. The predicted octanol–water partition coefficient (Wildman–Crippen LogP) is 3.56. The van der Waals surface area contributed by atoms with Crippen molar-refractivity contribution < 1.29 is 13.9 Å². The first-order chi connectivity index (χ1) is 10.5. The van der Waals surface area contributed by atoms with E-state index >= 15 is 0 Å². The van der Waals surface area contributed by atoms with Crippen molar-refractivity contribution in [2.45, 2.75) is 6.42 Å². The highest BCUT2D eigenvalue weighted by Gasteiger charge is 2.10. The van der Waals surface area contributed by atoms with Gasteiger partial charge in [-0.15, -0.1) is 0 Å². The van der Waals surface area contributed by atoms with Gasteiger partial charge in [-0.05, 0) is 42.0 Å². The quantitative estimate of drug-likeness (QED) is 0.814. The first kappa shape index (κ1) is 16.3. The largest absolute Gasteiger partial charge is 0.492 e. The maximum atomic E-state index is 13.1. The summed E-state index contributed by atoms with van der Waals surface area (Å²) in [5.74, 6) is 0.291. The first-order valence-corrected chi connectivity index (χ1v) is 7.29. The molecule has 2 rings (SSSR count). The van der Waals surface area contributed by atoms with Crippen molar-refractivity contribution in [1.82, 2.24) is 4.90 Å². The van der Waals surface area contributed by atoms with Crippen molar-refractivity contribution >= 4 is 17.5 Å². The highest BCUT2D eigenvalue weighted by molar-refractivity contribution is 6.30. The molecule has 1 amide bonds. The van der Waals surface area contributed by atoms with Gasteiger partial charge in [0.15, 0.2) is 0 Å². The molecule has 0 aromatic heterocycles. The van der Waals surface area contributed by atoms with E-state index in [1.165, 1.54) is 12.1 Å². The third kappa shape index (κ3) is 5.04. The average molecular weight is 322 g/mol. The van der Waals surface area contributed by atoms with Gasteiger partial charge < -0.3 is 9.64 Å². The average Bonchev–Trinajstić information content (AvgIpc) is 2.49. The van der Waals surface area contributed by atoms with E-state index in [0.29, 0.717) is 29.5 Å². The number of hydrogen-bond acceptors (Lipinski definition) is 2. The molecule has 116 valence electrons. The van der Waals surface area contributed by atoms with Crippen LogP contribution in [0.25, 0.3) is 0 Å². The standard InChI is InChI=1S/C17H17ClFNO2/c1-20(9-10-22-16-7-5-14(18)6-8-16)17(21)12-13-3-2-4-15(19)11-13/h2-8,11H,9-10,12H2,1H3. The van der Waals surface area contributed by atoms with Crippen LogP contribution in [0.4, 0.5) is 4.39 Å². The molecule has 22 heavy (non-hydrogen) atoms. The fraction of sp³-hybridized carbons (Fsp3) is 0.235. The predicted molar refractivity (Wildman–Crippen MR) is 84.7 cm³/mol. The number of halogens is 2. The fourth-order valence-corrected chi connectivity index (χ4v) is 2.04.